The van der Waals surface area contributed by atoms with Crippen LogP contribution in [0.5, 0.6) is 0 Å². The zero-order valence-corrected chi connectivity index (χ0v) is 11.2. The van der Waals surface area contributed by atoms with E-state index in [-0.39, 0.29) is 0 Å². The van der Waals surface area contributed by atoms with Crippen molar-refractivity contribution in [3.8, 4) is 0 Å². The molecule has 5 heteroatoms. The number of fused-ring (bicyclic) bond motifs is 1. The summed E-state index contributed by atoms with van der Waals surface area (Å²) in [5.41, 5.74) is 8.54. The van der Waals surface area contributed by atoms with E-state index in [2.05, 4.69) is 14.9 Å². The van der Waals surface area contributed by atoms with Crippen molar-refractivity contribution in [3.63, 3.8) is 0 Å². The molecule has 3 N–H and O–H groups in total. The van der Waals surface area contributed by atoms with E-state index < -0.39 is 0 Å². The van der Waals surface area contributed by atoms with Gasteiger partial charge in [0, 0.05) is 25.9 Å². The predicted molar refractivity (Wildman–Crippen MR) is 75.8 cm³/mol. The first kappa shape index (κ1) is 12.4. The molecule has 2 heterocycles. The van der Waals surface area contributed by atoms with Gasteiger partial charge in [0.25, 0.3) is 0 Å². The molecule has 1 aromatic carbocycles. The number of piperidine rings is 1. The molecule has 5 nitrogen and oxygen atoms in total. The average molecular weight is 260 g/mol. The zero-order valence-electron chi connectivity index (χ0n) is 11.2. The number of nitrogens with two attached hydrogens (primary N) is 1. The Kier molecular flexibility index (Phi) is 3.40. The van der Waals surface area contributed by atoms with Crippen LogP contribution in [0.15, 0.2) is 18.2 Å². The molecule has 1 aliphatic heterocycles. The van der Waals surface area contributed by atoms with Gasteiger partial charge in [-0.3, -0.25) is 4.90 Å². The van der Waals surface area contributed by atoms with Crippen molar-refractivity contribution in [2.24, 2.45) is 0 Å². The predicted octanol–water partition coefficient (Wildman–Crippen LogP) is 1.76. The molecule has 1 fully saturated rings. The minimum atomic E-state index is 0.423. The Hall–Kier alpha value is -1.59. The summed E-state index contributed by atoms with van der Waals surface area (Å²) in [6.45, 7) is 3.00. The minimum absolute atomic E-state index is 0.423. The molecule has 2 aromatic rings. The van der Waals surface area contributed by atoms with Crippen molar-refractivity contribution in [2.45, 2.75) is 25.5 Å². The van der Waals surface area contributed by atoms with Crippen LogP contribution in [0.1, 0.15) is 18.7 Å². The standard InChI is InChI=1S/C14H20N4O/c1-19-11-4-6-18(7-5-11)9-14-16-12-3-2-10(15)8-13(12)17-14/h2-3,8,11H,4-7,9,15H2,1H3,(H,16,17). The Bertz CT molecular complexity index is 558. The average Bonchev–Trinajstić information content (AvgIpc) is 2.81. The highest BCUT2D eigenvalue weighted by atomic mass is 16.5. The van der Waals surface area contributed by atoms with Crippen LogP contribution >= 0.6 is 0 Å². The van der Waals surface area contributed by atoms with Gasteiger partial charge in [0.1, 0.15) is 5.82 Å². The monoisotopic (exact) mass is 260 g/mol. The first-order valence-corrected chi connectivity index (χ1v) is 6.74. The third kappa shape index (κ3) is 2.72. The summed E-state index contributed by atoms with van der Waals surface area (Å²) >= 11 is 0. The topological polar surface area (TPSA) is 67.2 Å². The van der Waals surface area contributed by atoms with Gasteiger partial charge < -0.3 is 15.5 Å². The van der Waals surface area contributed by atoms with E-state index >= 15 is 0 Å². The molecule has 1 saturated heterocycles. The van der Waals surface area contributed by atoms with Crippen molar-refractivity contribution in [2.75, 3.05) is 25.9 Å². The number of hydrogen-bond acceptors (Lipinski definition) is 4. The number of anilines is 1. The van der Waals surface area contributed by atoms with E-state index in [4.69, 9.17) is 10.5 Å². The van der Waals surface area contributed by atoms with Gasteiger partial charge in [0.15, 0.2) is 0 Å². The third-order valence-corrected chi connectivity index (χ3v) is 3.80. The highest BCUT2D eigenvalue weighted by Gasteiger charge is 2.19. The van der Waals surface area contributed by atoms with Crippen LogP contribution in [0.2, 0.25) is 0 Å². The molecule has 0 aliphatic carbocycles. The highest BCUT2D eigenvalue weighted by molar-refractivity contribution is 5.78. The summed E-state index contributed by atoms with van der Waals surface area (Å²) in [5, 5.41) is 0. The fourth-order valence-corrected chi connectivity index (χ4v) is 2.67. The van der Waals surface area contributed by atoms with Crippen LogP contribution in [0.3, 0.4) is 0 Å². The molecule has 0 unspecified atom stereocenters. The Morgan fingerprint density at radius 1 is 1.42 bits per heavy atom. The number of nitrogens with zero attached hydrogens (tertiary/aromatic N) is 2. The van der Waals surface area contributed by atoms with E-state index in [1.807, 2.05) is 18.2 Å². The fraction of sp³-hybridized carbons (Fsp3) is 0.500. The molecular weight excluding hydrogens is 240 g/mol. The Labute approximate surface area is 112 Å². The number of nitrogen functional groups attached to an aromatic ring is 1. The van der Waals surface area contributed by atoms with Gasteiger partial charge in [0.05, 0.1) is 23.7 Å². The molecule has 0 bridgehead atoms. The van der Waals surface area contributed by atoms with Gasteiger partial charge in [-0.25, -0.2) is 4.98 Å². The second-order valence-corrected chi connectivity index (χ2v) is 5.17. The summed E-state index contributed by atoms with van der Waals surface area (Å²) in [6.07, 6.45) is 2.62. The van der Waals surface area contributed by atoms with E-state index in [1.54, 1.807) is 7.11 Å². The summed E-state index contributed by atoms with van der Waals surface area (Å²) in [7, 11) is 1.80. The molecule has 0 spiro atoms. The summed E-state index contributed by atoms with van der Waals surface area (Å²) in [5.74, 6) is 1.01. The molecule has 19 heavy (non-hydrogen) atoms. The molecular formula is C14H20N4O. The van der Waals surface area contributed by atoms with Gasteiger partial charge in [-0.05, 0) is 31.0 Å². The molecule has 1 aliphatic rings. The number of nitrogens with one attached hydrogen (secondary N) is 1. The molecule has 1 aromatic heterocycles. The first-order chi connectivity index (χ1) is 9.24. The van der Waals surface area contributed by atoms with E-state index in [0.717, 1.165) is 55.0 Å². The number of aromatic nitrogens is 2. The maximum Gasteiger partial charge on any atom is 0.121 e. The van der Waals surface area contributed by atoms with E-state index in [9.17, 15) is 0 Å². The van der Waals surface area contributed by atoms with Gasteiger partial charge in [-0.15, -0.1) is 0 Å². The highest BCUT2D eigenvalue weighted by Crippen LogP contribution is 2.18. The smallest absolute Gasteiger partial charge is 0.121 e. The van der Waals surface area contributed by atoms with Crippen molar-refractivity contribution in [1.82, 2.24) is 14.9 Å². The van der Waals surface area contributed by atoms with Crippen LogP contribution < -0.4 is 5.73 Å². The quantitative estimate of drug-likeness (QED) is 0.825. The number of hydrogen-bond donors (Lipinski definition) is 2. The number of likely N-dealkylation sites (tertiary alicyclic amines) is 1. The van der Waals surface area contributed by atoms with Crippen LogP contribution in [0.4, 0.5) is 5.69 Å². The second kappa shape index (κ2) is 5.19. The zero-order chi connectivity index (χ0) is 13.2. The lowest BCUT2D eigenvalue weighted by Crippen LogP contribution is -2.36. The van der Waals surface area contributed by atoms with Crippen molar-refractivity contribution in [1.29, 1.82) is 0 Å². The lowest BCUT2D eigenvalue weighted by atomic mass is 10.1. The van der Waals surface area contributed by atoms with Crippen molar-refractivity contribution < 1.29 is 4.74 Å². The second-order valence-electron chi connectivity index (χ2n) is 5.17. The van der Waals surface area contributed by atoms with Gasteiger partial charge >= 0.3 is 0 Å². The Balaban J connectivity index is 1.68. The number of methoxy groups -OCH3 is 1. The Morgan fingerprint density at radius 3 is 2.95 bits per heavy atom. The first-order valence-electron chi connectivity index (χ1n) is 6.74. The number of ether oxygens (including phenoxy) is 1. The van der Waals surface area contributed by atoms with Gasteiger partial charge in [-0.1, -0.05) is 0 Å². The Morgan fingerprint density at radius 2 is 2.21 bits per heavy atom. The molecule has 0 radical (unpaired) electrons. The largest absolute Gasteiger partial charge is 0.399 e. The molecule has 0 atom stereocenters. The number of imidazole rings is 1. The maximum atomic E-state index is 5.78. The van der Waals surface area contributed by atoms with Gasteiger partial charge in [-0.2, -0.15) is 0 Å². The minimum Gasteiger partial charge on any atom is -0.399 e. The molecule has 102 valence electrons. The summed E-state index contributed by atoms with van der Waals surface area (Å²) in [6, 6.07) is 5.78. The molecule has 0 amide bonds. The van der Waals surface area contributed by atoms with Crippen LogP contribution in [-0.2, 0) is 11.3 Å². The van der Waals surface area contributed by atoms with Crippen LogP contribution in [0.25, 0.3) is 11.0 Å². The summed E-state index contributed by atoms with van der Waals surface area (Å²) in [4.78, 5) is 10.4. The van der Waals surface area contributed by atoms with E-state index in [0.29, 0.717) is 6.10 Å². The number of rotatable bonds is 3. The number of aromatic amines is 1. The SMILES string of the molecule is COC1CCN(Cc2nc3ccc(N)cc3[nH]2)CC1. The van der Waals surface area contributed by atoms with E-state index in [1.165, 1.54) is 0 Å². The third-order valence-electron chi connectivity index (χ3n) is 3.80. The number of H-pyrrole nitrogens is 1. The normalized spacial score (nSPS) is 18.2. The maximum absolute atomic E-state index is 5.78. The van der Waals surface area contributed by atoms with Crippen molar-refractivity contribution >= 4 is 16.7 Å². The number of benzene rings is 1. The lowest BCUT2D eigenvalue weighted by Gasteiger charge is -2.30. The van der Waals surface area contributed by atoms with Crippen molar-refractivity contribution in [3.05, 3.63) is 24.0 Å². The van der Waals surface area contributed by atoms with Crippen LogP contribution in [-0.4, -0.2) is 41.2 Å². The van der Waals surface area contributed by atoms with Crippen LogP contribution in [0, 0.1) is 0 Å². The molecule has 3 rings (SSSR count). The molecule has 0 saturated carbocycles. The fourth-order valence-electron chi connectivity index (χ4n) is 2.67. The summed E-state index contributed by atoms with van der Waals surface area (Å²) < 4.78 is 5.39. The lowest BCUT2D eigenvalue weighted by molar-refractivity contribution is 0.0382. The van der Waals surface area contributed by atoms with Gasteiger partial charge in [0.2, 0.25) is 0 Å².